The van der Waals surface area contributed by atoms with Gasteiger partial charge in [-0.3, -0.25) is 0 Å². The SMILES string of the molecule is Cc1c(C(C)NCc2ccc(F)c(F)c2)cnn1-c1cccc(F)c1. The molecule has 25 heavy (non-hydrogen) atoms. The molecule has 0 aliphatic heterocycles. The highest BCUT2D eigenvalue weighted by Gasteiger charge is 2.14. The zero-order valence-electron chi connectivity index (χ0n) is 13.9. The van der Waals surface area contributed by atoms with Gasteiger partial charge in [-0.25, -0.2) is 17.9 Å². The van der Waals surface area contributed by atoms with E-state index in [0.29, 0.717) is 17.8 Å². The van der Waals surface area contributed by atoms with E-state index in [4.69, 9.17) is 0 Å². The van der Waals surface area contributed by atoms with Crippen molar-refractivity contribution in [1.82, 2.24) is 15.1 Å². The lowest BCUT2D eigenvalue weighted by molar-refractivity contribution is 0.503. The van der Waals surface area contributed by atoms with E-state index in [2.05, 4.69) is 10.4 Å². The van der Waals surface area contributed by atoms with E-state index >= 15 is 0 Å². The van der Waals surface area contributed by atoms with Gasteiger partial charge in [0.05, 0.1) is 11.9 Å². The smallest absolute Gasteiger partial charge is 0.159 e. The van der Waals surface area contributed by atoms with Crippen LogP contribution in [0.2, 0.25) is 0 Å². The second-order valence-corrected chi connectivity index (χ2v) is 5.93. The van der Waals surface area contributed by atoms with Crippen molar-refractivity contribution in [1.29, 1.82) is 0 Å². The molecule has 1 atom stereocenters. The zero-order valence-corrected chi connectivity index (χ0v) is 13.9. The molecule has 0 aliphatic carbocycles. The van der Waals surface area contributed by atoms with Gasteiger partial charge in [-0.15, -0.1) is 0 Å². The topological polar surface area (TPSA) is 29.9 Å². The van der Waals surface area contributed by atoms with Gasteiger partial charge in [0, 0.05) is 23.8 Å². The first-order valence-corrected chi connectivity index (χ1v) is 7.93. The number of rotatable bonds is 5. The van der Waals surface area contributed by atoms with Crippen molar-refractivity contribution >= 4 is 0 Å². The molecule has 1 heterocycles. The number of benzene rings is 2. The lowest BCUT2D eigenvalue weighted by atomic mass is 10.1. The van der Waals surface area contributed by atoms with Crippen molar-refractivity contribution in [3.63, 3.8) is 0 Å². The largest absolute Gasteiger partial charge is 0.306 e. The number of nitrogens with one attached hydrogen (secondary N) is 1. The van der Waals surface area contributed by atoms with E-state index in [1.54, 1.807) is 29.1 Å². The van der Waals surface area contributed by atoms with Crippen LogP contribution >= 0.6 is 0 Å². The van der Waals surface area contributed by atoms with E-state index in [1.165, 1.54) is 18.2 Å². The first-order valence-electron chi connectivity index (χ1n) is 7.93. The molecular weight excluding hydrogens is 327 g/mol. The summed E-state index contributed by atoms with van der Waals surface area (Å²) in [5.41, 5.74) is 3.14. The molecule has 3 rings (SSSR count). The molecule has 0 radical (unpaired) electrons. The average molecular weight is 345 g/mol. The maximum atomic E-state index is 13.4. The Balaban J connectivity index is 1.74. The normalized spacial score (nSPS) is 12.4. The molecule has 0 aliphatic rings. The predicted molar refractivity (Wildman–Crippen MR) is 89.9 cm³/mol. The van der Waals surface area contributed by atoms with Gasteiger partial charge in [0.25, 0.3) is 0 Å². The molecule has 0 saturated heterocycles. The van der Waals surface area contributed by atoms with Crippen molar-refractivity contribution in [2.45, 2.75) is 26.4 Å². The van der Waals surface area contributed by atoms with Gasteiger partial charge in [0.1, 0.15) is 5.82 Å². The molecule has 0 amide bonds. The summed E-state index contributed by atoms with van der Waals surface area (Å²) in [6.45, 7) is 4.26. The monoisotopic (exact) mass is 345 g/mol. The molecule has 1 unspecified atom stereocenters. The van der Waals surface area contributed by atoms with Crippen LogP contribution in [0.25, 0.3) is 5.69 Å². The van der Waals surface area contributed by atoms with Crippen molar-refractivity contribution in [3.8, 4) is 5.69 Å². The predicted octanol–water partition coefficient (Wildman–Crippen LogP) is 4.45. The van der Waals surface area contributed by atoms with Crippen LogP contribution < -0.4 is 5.32 Å². The summed E-state index contributed by atoms with van der Waals surface area (Å²) < 4.78 is 41.3. The van der Waals surface area contributed by atoms with Gasteiger partial charge >= 0.3 is 0 Å². The van der Waals surface area contributed by atoms with Gasteiger partial charge in [-0.05, 0) is 49.7 Å². The Morgan fingerprint density at radius 2 is 1.88 bits per heavy atom. The van der Waals surface area contributed by atoms with Gasteiger partial charge < -0.3 is 5.32 Å². The highest BCUT2D eigenvalue weighted by atomic mass is 19.2. The second kappa shape index (κ2) is 7.11. The third-order valence-electron chi connectivity index (χ3n) is 4.16. The van der Waals surface area contributed by atoms with E-state index < -0.39 is 11.6 Å². The molecular formula is C19H18F3N3. The maximum Gasteiger partial charge on any atom is 0.159 e. The van der Waals surface area contributed by atoms with Crippen LogP contribution in [-0.4, -0.2) is 9.78 Å². The number of hydrogen-bond donors (Lipinski definition) is 1. The van der Waals surface area contributed by atoms with E-state index in [0.717, 1.165) is 17.3 Å². The number of hydrogen-bond acceptors (Lipinski definition) is 2. The molecule has 3 nitrogen and oxygen atoms in total. The van der Waals surface area contributed by atoms with Crippen LogP contribution in [-0.2, 0) is 6.54 Å². The van der Waals surface area contributed by atoms with Crippen molar-refractivity contribution in [2.75, 3.05) is 0 Å². The first kappa shape index (κ1) is 17.2. The first-order chi connectivity index (χ1) is 12.0. The van der Waals surface area contributed by atoms with E-state index in [9.17, 15) is 13.2 Å². The summed E-state index contributed by atoms with van der Waals surface area (Å²) in [4.78, 5) is 0. The van der Waals surface area contributed by atoms with Crippen LogP contribution in [0.15, 0.2) is 48.7 Å². The van der Waals surface area contributed by atoms with Crippen LogP contribution in [0.3, 0.4) is 0 Å². The third kappa shape index (κ3) is 3.74. The third-order valence-corrected chi connectivity index (χ3v) is 4.16. The van der Waals surface area contributed by atoms with Crippen LogP contribution in [0, 0.1) is 24.4 Å². The molecule has 1 N–H and O–H groups in total. The fraction of sp³-hybridized carbons (Fsp3) is 0.211. The summed E-state index contributed by atoms with van der Waals surface area (Å²) in [6.07, 6.45) is 1.73. The highest BCUT2D eigenvalue weighted by Crippen LogP contribution is 2.21. The Labute approximate surface area is 144 Å². The van der Waals surface area contributed by atoms with Crippen molar-refractivity contribution < 1.29 is 13.2 Å². The van der Waals surface area contributed by atoms with E-state index in [1.807, 2.05) is 13.8 Å². The second-order valence-electron chi connectivity index (χ2n) is 5.93. The standard InChI is InChI=1S/C19H18F3N3/c1-12(23-10-14-6-7-18(21)19(22)8-14)17-11-24-25(13(17)2)16-5-3-4-15(20)9-16/h3-9,11-12,23H,10H2,1-2H3. The minimum Gasteiger partial charge on any atom is -0.306 e. The minimum absolute atomic E-state index is 0.0598. The Bertz CT molecular complexity index is 889. The van der Waals surface area contributed by atoms with Gasteiger partial charge in [-0.2, -0.15) is 5.10 Å². The summed E-state index contributed by atoms with van der Waals surface area (Å²) in [7, 11) is 0. The molecule has 3 aromatic rings. The molecule has 2 aromatic carbocycles. The summed E-state index contributed by atoms with van der Waals surface area (Å²) in [5.74, 6) is -2.04. The Hall–Kier alpha value is -2.60. The number of nitrogens with zero attached hydrogens (tertiary/aromatic N) is 2. The molecule has 0 bridgehead atoms. The maximum absolute atomic E-state index is 13.4. The quantitative estimate of drug-likeness (QED) is 0.740. The lowest BCUT2D eigenvalue weighted by Gasteiger charge is -2.14. The highest BCUT2D eigenvalue weighted by molar-refractivity contribution is 5.36. The van der Waals surface area contributed by atoms with Crippen molar-refractivity contribution in [3.05, 3.63) is 82.9 Å². The Morgan fingerprint density at radius 3 is 2.60 bits per heavy atom. The van der Waals surface area contributed by atoms with Gasteiger partial charge in [0.2, 0.25) is 0 Å². The zero-order chi connectivity index (χ0) is 18.0. The molecule has 1 aromatic heterocycles. The number of halogens is 3. The van der Waals surface area contributed by atoms with Crippen LogP contribution in [0.1, 0.15) is 29.8 Å². The lowest BCUT2D eigenvalue weighted by Crippen LogP contribution is -2.18. The fourth-order valence-corrected chi connectivity index (χ4v) is 2.75. The molecule has 130 valence electrons. The molecule has 6 heteroatoms. The summed E-state index contributed by atoms with van der Waals surface area (Å²) in [6, 6.07) is 10.0. The van der Waals surface area contributed by atoms with E-state index in [-0.39, 0.29) is 11.9 Å². The summed E-state index contributed by atoms with van der Waals surface area (Å²) >= 11 is 0. The van der Waals surface area contributed by atoms with Gasteiger partial charge in [-0.1, -0.05) is 12.1 Å². The van der Waals surface area contributed by atoms with Gasteiger partial charge in [0.15, 0.2) is 11.6 Å². The summed E-state index contributed by atoms with van der Waals surface area (Å²) in [5, 5.41) is 7.59. The Kier molecular flexibility index (Phi) is 4.90. The molecule has 0 saturated carbocycles. The Morgan fingerprint density at radius 1 is 1.08 bits per heavy atom. The van der Waals surface area contributed by atoms with Crippen LogP contribution in [0.4, 0.5) is 13.2 Å². The fourth-order valence-electron chi connectivity index (χ4n) is 2.75. The van der Waals surface area contributed by atoms with Crippen molar-refractivity contribution in [2.24, 2.45) is 0 Å². The molecule has 0 fully saturated rings. The number of aromatic nitrogens is 2. The molecule has 0 spiro atoms. The average Bonchev–Trinajstić information content (AvgIpc) is 2.97. The van der Waals surface area contributed by atoms with Crippen LogP contribution in [0.5, 0.6) is 0 Å². The minimum atomic E-state index is -0.859.